The molecule has 1 unspecified atom stereocenters. The minimum absolute atomic E-state index is 0.0154. The van der Waals surface area contributed by atoms with Crippen LogP contribution in [-0.4, -0.2) is 29.1 Å². The van der Waals surface area contributed by atoms with Gasteiger partial charge in [-0.1, -0.05) is 38.1 Å². The van der Waals surface area contributed by atoms with E-state index in [4.69, 9.17) is 4.74 Å². The summed E-state index contributed by atoms with van der Waals surface area (Å²) >= 11 is 0. The summed E-state index contributed by atoms with van der Waals surface area (Å²) in [5.74, 6) is -1.59. The summed E-state index contributed by atoms with van der Waals surface area (Å²) in [5.41, 5.74) is -1.03. The van der Waals surface area contributed by atoms with E-state index in [0.717, 1.165) is 10.8 Å². The van der Waals surface area contributed by atoms with Crippen LogP contribution >= 0.6 is 0 Å². The molecule has 6 heteroatoms. The molecule has 0 aromatic heterocycles. The average molecular weight is 340 g/mol. The molecule has 0 fully saturated rings. The van der Waals surface area contributed by atoms with Gasteiger partial charge in [0.05, 0.1) is 6.07 Å². The highest BCUT2D eigenvalue weighted by molar-refractivity contribution is 5.97. The fraction of sp³-hybridized carbons (Fsp3) is 0.316. The molecule has 2 N–H and O–H groups in total. The smallest absolute Gasteiger partial charge is 0.339 e. The van der Waals surface area contributed by atoms with Crippen molar-refractivity contribution in [2.45, 2.75) is 26.3 Å². The second-order valence-corrected chi connectivity index (χ2v) is 6.31. The Morgan fingerprint density at radius 2 is 1.88 bits per heavy atom. The Bertz CT molecular complexity index is 854. The van der Waals surface area contributed by atoms with Crippen LogP contribution in [0.4, 0.5) is 0 Å². The molecule has 0 radical (unpaired) electrons. The van der Waals surface area contributed by atoms with Gasteiger partial charge in [-0.15, -0.1) is 0 Å². The minimum atomic E-state index is -1.13. The normalized spacial score (nSPS) is 13.1. The van der Waals surface area contributed by atoms with Crippen molar-refractivity contribution in [3.63, 3.8) is 0 Å². The maximum atomic E-state index is 12.1. The first-order valence-corrected chi connectivity index (χ1v) is 7.88. The molecular formula is C19H20N2O4. The molecule has 1 amide bonds. The second-order valence-electron chi connectivity index (χ2n) is 6.31. The summed E-state index contributed by atoms with van der Waals surface area (Å²) in [4.78, 5) is 23.6. The standard InChI is InChI=1S/C19H20N2O4/c1-12(2)19(3,11-20)21-17(22)10-25-16-9-14-7-5-4-6-13(14)8-15(16)18(23)24/h4-9,12H,10H2,1-3H3,(H,21,22)(H,23,24). The predicted octanol–water partition coefficient (Wildman–Crippen LogP) is 2.97. The van der Waals surface area contributed by atoms with Crippen molar-refractivity contribution in [3.05, 3.63) is 42.0 Å². The number of rotatable bonds is 6. The third kappa shape index (κ3) is 4.07. The molecule has 0 bridgehead atoms. The minimum Gasteiger partial charge on any atom is -0.483 e. The lowest BCUT2D eigenvalue weighted by molar-refractivity contribution is -0.124. The van der Waals surface area contributed by atoms with E-state index in [1.54, 1.807) is 19.1 Å². The molecule has 0 aliphatic carbocycles. The van der Waals surface area contributed by atoms with Crippen LogP contribution in [0.25, 0.3) is 10.8 Å². The van der Waals surface area contributed by atoms with Crippen molar-refractivity contribution in [3.8, 4) is 11.8 Å². The Labute approximate surface area is 146 Å². The van der Waals surface area contributed by atoms with E-state index >= 15 is 0 Å². The van der Waals surface area contributed by atoms with Crippen LogP contribution in [0.2, 0.25) is 0 Å². The van der Waals surface area contributed by atoms with Gasteiger partial charge in [-0.05, 0) is 35.7 Å². The number of carboxylic acids is 1. The first-order chi connectivity index (χ1) is 11.8. The van der Waals surface area contributed by atoms with Crippen LogP contribution in [-0.2, 0) is 4.79 Å². The van der Waals surface area contributed by atoms with E-state index in [1.165, 1.54) is 6.07 Å². The first kappa shape index (κ1) is 18.3. The Hall–Kier alpha value is -3.07. The molecule has 0 aliphatic heterocycles. The average Bonchev–Trinajstić information content (AvgIpc) is 2.58. The molecule has 0 saturated carbocycles. The number of nitrogens with zero attached hydrogens (tertiary/aromatic N) is 1. The zero-order valence-corrected chi connectivity index (χ0v) is 14.4. The highest BCUT2D eigenvalue weighted by Crippen LogP contribution is 2.26. The Balaban J connectivity index is 2.20. The number of aromatic carboxylic acids is 1. The summed E-state index contributed by atoms with van der Waals surface area (Å²) in [5, 5.41) is 22.8. The number of ether oxygens (including phenoxy) is 1. The van der Waals surface area contributed by atoms with Crippen LogP contribution in [0.5, 0.6) is 5.75 Å². The molecule has 0 spiro atoms. The number of hydrogen-bond donors (Lipinski definition) is 2. The highest BCUT2D eigenvalue weighted by atomic mass is 16.5. The van der Waals surface area contributed by atoms with Crippen molar-refractivity contribution in [1.82, 2.24) is 5.32 Å². The number of amides is 1. The van der Waals surface area contributed by atoms with E-state index in [9.17, 15) is 20.0 Å². The van der Waals surface area contributed by atoms with Crippen LogP contribution in [0, 0.1) is 17.2 Å². The zero-order chi connectivity index (χ0) is 18.6. The highest BCUT2D eigenvalue weighted by Gasteiger charge is 2.30. The molecule has 1 atom stereocenters. The fourth-order valence-electron chi connectivity index (χ4n) is 2.28. The number of carbonyl (C=O) groups excluding carboxylic acids is 1. The van der Waals surface area contributed by atoms with E-state index in [1.807, 2.05) is 32.0 Å². The monoisotopic (exact) mass is 340 g/mol. The van der Waals surface area contributed by atoms with Crippen molar-refractivity contribution < 1.29 is 19.4 Å². The number of nitriles is 1. The summed E-state index contributed by atoms with van der Waals surface area (Å²) in [6.45, 7) is 4.92. The molecule has 6 nitrogen and oxygen atoms in total. The van der Waals surface area contributed by atoms with Gasteiger partial charge in [-0.3, -0.25) is 4.79 Å². The lowest BCUT2D eigenvalue weighted by atomic mass is 9.90. The molecular weight excluding hydrogens is 320 g/mol. The van der Waals surface area contributed by atoms with Crippen molar-refractivity contribution in [2.75, 3.05) is 6.61 Å². The second kappa shape index (κ2) is 7.22. The Morgan fingerprint density at radius 3 is 2.40 bits per heavy atom. The number of hydrogen-bond acceptors (Lipinski definition) is 4. The summed E-state index contributed by atoms with van der Waals surface area (Å²) < 4.78 is 5.44. The van der Waals surface area contributed by atoms with Gasteiger partial charge in [0.25, 0.3) is 5.91 Å². The largest absolute Gasteiger partial charge is 0.483 e. The Morgan fingerprint density at radius 1 is 1.28 bits per heavy atom. The van der Waals surface area contributed by atoms with Gasteiger partial charge in [0.1, 0.15) is 16.9 Å². The fourth-order valence-corrected chi connectivity index (χ4v) is 2.28. The van der Waals surface area contributed by atoms with Gasteiger partial charge < -0.3 is 15.2 Å². The maximum absolute atomic E-state index is 12.1. The van der Waals surface area contributed by atoms with Gasteiger partial charge in [-0.25, -0.2) is 4.79 Å². The maximum Gasteiger partial charge on any atom is 0.339 e. The lowest BCUT2D eigenvalue weighted by Gasteiger charge is -2.27. The van der Waals surface area contributed by atoms with Gasteiger partial charge in [0.2, 0.25) is 0 Å². The SMILES string of the molecule is CC(C)C(C)(C#N)NC(=O)COc1cc2ccccc2cc1C(=O)O. The number of fused-ring (bicyclic) bond motifs is 1. The van der Waals surface area contributed by atoms with E-state index in [0.29, 0.717) is 0 Å². The third-order valence-corrected chi connectivity index (χ3v) is 4.22. The van der Waals surface area contributed by atoms with Crippen LogP contribution in [0.3, 0.4) is 0 Å². The third-order valence-electron chi connectivity index (χ3n) is 4.22. The molecule has 2 aromatic rings. The molecule has 0 heterocycles. The molecule has 2 rings (SSSR count). The quantitative estimate of drug-likeness (QED) is 0.842. The van der Waals surface area contributed by atoms with Gasteiger partial charge >= 0.3 is 5.97 Å². The number of carbonyl (C=O) groups is 2. The van der Waals surface area contributed by atoms with E-state index < -0.39 is 17.4 Å². The molecule has 130 valence electrons. The Kier molecular flexibility index (Phi) is 5.28. The van der Waals surface area contributed by atoms with Gasteiger partial charge in [0.15, 0.2) is 6.61 Å². The number of benzene rings is 2. The zero-order valence-electron chi connectivity index (χ0n) is 14.4. The topological polar surface area (TPSA) is 99.4 Å². The molecule has 0 aliphatic rings. The van der Waals surface area contributed by atoms with Crippen molar-refractivity contribution >= 4 is 22.6 Å². The predicted molar refractivity (Wildman–Crippen MR) is 93.4 cm³/mol. The number of nitrogens with one attached hydrogen (secondary N) is 1. The van der Waals surface area contributed by atoms with Gasteiger partial charge in [-0.2, -0.15) is 5.26 Å². The molecule has 25 heavy (non-hydrogen) atoms. The lowest BCUT2D eigenvalue weighted by Crippen LogP contribution is -2.50. The summed E-state index contributed by atoms with van der Waals surface area (Å²) in [6, 6.07) is 12.5. The van der Waals surface area contributed by atoms with Gasteiger partial charge in [0, 0.05) is 0 Å². The summed E-state index contributed by atoms with van der Waals surface area (Å²) in [7, 11) is 0. The first-order valence-electron chi connectivity index (χ1n) is 7.88. The van der Waals surface area contributed by atoms with Crippen LogP contribution in [0.1, 0.15) is 31.1 Å². The van der Waals surface area contributed by atoms with Crippen LogP contribution < -0.4 is 10.1 Å². The number of carboxylic acid groups (broad SMARTS) is 1. The summed E-state index contributed by atoms with van der Waals surface area (Å²) in [6.07, 6.45) is 0. The van der Waals surface area contributed by atoms with Crippen molar-refractivity contribution in [1.29, 1.82) is 5.26 Å². The van der Waals surface area contributed by atoms with Crippen molar-refractivity contribution in [2.24, 2.45) is 5.92 Å². The molecule has 0 saturated heterocycles. The van der Waals surface area contributed by atoms with E-state index in [-0.39, 0.29) is 23.8 Å². The van der Waals surface area contributed by atoms with E-state index in [2.05, 4.69) is 11.4 Å². The van der Waals surface area contributed by atoms with Crippen LogP contribution in [0.15, 0.2) is 36.4 Å². The molecule has 2 aromatic carbocycles.